The molecule has 1 aliphatic heterocycles. The molecule has 1 N–H and O–H groups in total. The van der Waals surface area contributed by atoms with Crippen molar-refractivity contribution >= 4 is 31.4 Å². The molecule has 0 fully saturated rings. The van der Waals surface area contributed by atoms with Crippen molar-refractivity contribution in [2.75, 3.05) is 10.5 Å². The van der Waals surface area contributed by atoms with Crippen LogP contribution in [0.3, 0.4) is 0 Å². The van der Waals surface area contributed by atoms with E-state index in [-0.39, 0.29) is 10.6 Å². The second-order valence-corrected chi connectivity index (χ2v) is 12.2. The monoisotopic (exact) mass is 497 g/mol. The molecule has 9 heteroatoms. The molecule has 0 saturated carbocycles. The summed E-state index contributed by atoms with van der Waals surface area (Å²) in [7, 11) is -7.27. The van der Waals surface area contributed by atoms with Crippen LogP contribution in [0.4, 0.5) is 5.69 Å². The molecule has 1 atom stereocenters. The number of aryl methyl sites for hydroxylation is 2. The number of sulfonamides is 2. The molecule has 3 aromatic carbocycles. The summed E-state index contributed by atoms with van der Waals surface area (Å²) in [5.74, 6) is -0.0223. The molecule has 7 nitrogen and oxygen atoms in total. The number of nitrogens with one attached hydrogen (secondary N) is 1. The molecule has 4 rings (SSSR count). The molecule has 0 saturated heterocycles. The van der Waals surface area contributed by atoms with Crippen LogP contribution < -0.4 is 4.72 Å². The van der Waals surface area contributed by atoms with Crippen molar-refractivity contribution in [2.24, 2.45) is 5.10 Å². The van der Waals surface area contributed by atoms with E-state index in [0.29, 0.717) is 17.8 Å². The lowest BCUT2D eigenvalue weighted by molar-refractivity contribution is 0.371. The number of rotatable bonds is 7. The minimum Gasteiger partial charge on any atom is -0.284 e. The van der Waals surface area contributed by atoms with Gasteiger partial charge in [0.15, 0.2) is 0 Å². The number of hydrogen-bond acceptors (Lipinski definition) is 5. The highest BCUT2D eigenvalue weighted by molar-refractivity contribution is 7.92. The quantitative estimate of drug-likeness (QED) is 0.516. The highest BCUT2D eigenvalue weighted by atomic mass is 32.2. The second-order valence-electron chi connectivity index (χ2n) is 8.35. The molecule has 0 aliphatic carbocycles. The Hall–Kier alpha value is -3.17. The van der Waals surface area contributed by atoms with E-state index in [1.807, 2.05) is 38.1 Å². The molecular formula is C25H27N3O4S2. The van der Waals surface area contributed by atoms with Gasteiger partial charge in [-0.1, -0.05) is 59.7 Å². The van der Waals surface area contributed by atoms with Gasteiger partial charge in [0.05, 0.1) is 22.4 Å². The fourth-order valence-electron chi connectivity index (χ4n) is 3.72. The standard InChI is InChI=1S/C25H27N3O4S2/c1-4-33(29,30)27-22-13-11-20(12-14-22)24-17-25(21-9-5-18(2)6-10-21)28(26-24)34(31,32)23-15-7-19(3)8-16-23/h5-16,25,27H,4,17H2,1-3H3/t25-/m0/s1. The average Bonchev–Trinajstić information content (AvgIpc) is 3.26. The fourth-order valence-corrected chi connectivity index (χ4v) is 5.80. The Labute approximate surface area is 201 Å². The molecule has 1 aliphatic rings. The number of anilines is 1. The highest BCUT2D eigenvalue weighted by Gasteiger charge is 2.37. The lowest BCUT2D eigenvalue weighted by atomic mass is 9.98. The fraction of sp³-hybridized carbons (Fsp3) is 0.240. The van der Waals surface area contributed by atoms with Crippen LogP contribution in [0.2, 0.25) is 0 Å². The first kappa shape index (κ1) is 24.0. The van der Waals surface area contributed by atoms with Gasteiger partial charge in [0, 0.05) is 12.1 Å². The molecule has 0 radical (unpaired) electrons. The first-order valence-electron chi connectivity index (χ1n) is 10.9. The van der Waals surface area contributed by atoms with Gasteiger partial charge in [0.2, 0.25) is 10.0 Å². The first-order chi connectivity index (χ1) is 16.1. The Morgan fingerprint density at radius 2 is 1.41 bits per heavy atom. The number of benzene rings is 3. The Morgan fingerprint density at radius 3 is 1.97 bits per heavy atom. The normalized spacial score (nSPS) is 16.4. The number of hydrogen-bond donors (Lipinski definition) is 1. The summed E-state index contributed by atoms with van der Waals surface area (Å²) in [5, 5.41) is 4.55. The van der Waals surface area contributed by atoms with Crippen LogP contribution in [0.15, 0.2) is 82.8 Å². The minimum atomic E-state index is -3.89. The summed E-state index contributed by atoms with van der Waals surface area (Å²) >= 11 is 0. The molecule has 0 unspecified atom stereocenters. The van der Waals surface area contributed by atoms with E-state index >= 15 is 0 Å². The zero-order valence-electron chi connectivity index (χ0n) is 19.3. The van der Waals surface area contributed by atoms with Crippen molar-refractivity contribution in [2.45, 2.75) is 38.1 Å². The Bertz CT molecular complexity index is 1410. The van der Waals surface area contributed by atoms with Gasteiger partial charge in [-0.2, -0.15) is 17.9 Å². The first-order valence-corrected chi connectivity index (χ1v) is 14.0. The van der Waals surface area contributed by atoms with Crippen molar-refractivity contribution in [1.82, 2.24) is 4.41 Å². The zero-order chi connectivity index (χ0) is 24.5. The Balaban J connectivity index is 1.71. The lowest BCUT2D eigenvalue weighted by Gasteiger charge is -2.23. The van der Waals surface area contributed by atoms with Crippen LogP contribution in [0.25, 0.3) is 0 Å². The van der Waals surface area contributed by atoms with E-state index < -0.39 is 26.1 Å². The molecule has 0 aromatic heterocycles. The van der Waals surface area contributed by atoms with Crippen LogP contribution >= 0.6 is 0 Å². The van der Waals surface area contributed by atoms with E-state index in [2.05, 4.69) is 9.82 Å². The van der Waals surface area contributed by atoms with Crippen LogP contribution in [-0.2, 0) is 20.0 Å². The maximum absolute atomic E-state index is 13.6. The van der Waals surface area contributed by atoms with Crippen molar-refractivity contribution in [3.05, 3.63) is 95.1 Å². The predicted octanol–water partition coefficient (Wildman–Crippen LogP) is 4.61. The van der Waals surface area contributed by atoms with E-state index in [1.54, 1.807) is 55.5 Å². The third-order valence-electron chi connectivity index (χ3n) is 5.77. The molecule has 1 heterocycles. The summed E-state index contributed by atoms with van der Waals surface area (Å²) in [6.07, 6.45) is 0.397. The van der Waals surface area contributed by atoms with E-state index in [4.69, 9.17) is 0 Å². The smallest absolute Gasteiger partial charge is 0.279 e. The molecule has 178 valence electrons. The molecule has 3 aromatic rings. The average molecular weight is 498 g/mol. The summed E-state index contributed by atoms with van der Waals surface area (Å²) in [6, 6.07) is 20.8. The highest BCUT2D eigenvalue weighted by Crippen LogP contribution is 2.37. The maximum Gasteiger partial charge on any atom is 0.279 e. The van der Waals surface area contributed by atoms with Crippen molar-refractivity contribution in [3.63, 3.8) is 0 Å². The van der Waals surface area contributed by atoms with Gasteiger partial charge in [0.25, 0.3) is 10.0 Å². The van der Waals surface area contributed by atoms with E-state index in [0.717, 1.165) is 22.3 Å². The van der Waals surface area contributed by atoms with Gasteiger partial charge in [-0.15, -0.1) is 0 Å². The molecular weight excluding hydrogens is 470 g/mol. The van der Waals surface area contributed by atoms with Crippen LogP contribution in [0.1, 0.15) is 41.6 Å². The lowest BCUT2D eigenvalue weighted by Crippen LogP contribution is -2.27. The maximum atomic E-state index is 13.6. The van der Waals surface area contributed by atoms with Crippen LogP contribution in [0, 0.1) is 13.8 Å². The van der Waals surface area contributed by atoms with Gasteiger partial charge in [-0.3, -0.25) is 4.72 Å². The van der Waals surface area contributed by atoms with Crippen molar-refractivity contribution in [1.29, 1.82) is 0 Å². The Kier molecular flexibility index (Phi) is 6.51. The molecule has 0 bridgehead atoms. The molecule has 0 amide bonds. The van der Waals surface area contributed by atoms with Crippen molar-refractivity contribution in [3.8, 4) is 0 Å². The van der Waals surface area contributed by atoms with Crippen LogP contribution in [0.5, 0.6) is 0 Å². The molecule has 0 spiro atoms. The number of hydrazone groups is 1. The largest absolute Gasteiger partial charge is 0.284 e. The second kappa shape index (κ2) is 9.23. The summed E-state index contributed by atoms with van der Waals surface area (Å²) in [5.41, 5.74) is 4.71. The third-order valence-corrected chi connectivity index (χ3v) is 8.77. The van der Waals surface area contributed by atoms with Gasteiger partial charge in [0.1, 0.15) is 0 Å². The van der Waals surface area contributed by atoms with Crippen molar-refractivity contribution < 1.29 is 16.8 Å². The minimum absolute atomic E-state index is 0.0223. The number of nitrogens with zero attached hydrogens (tertiary/aromatic N) is 2. The van der Waals surface area contributed by atoms with Crippen LogP contribution in [-0.4, -0.2) is 32.7 Å². The summed E-state index contributed by atoms with van der Waals surface area (Å²) < 4.78 is 54.5. The topological polar surface area (TPSA) is 95.9 Å². The summed E-state index contributed by atoms with van der Waals surface area (Å²) in [4.78, 5) is 0.185. The Morgan fingerprint density at radius 1 is 0.853 bits per heavy atom. The SMILES string of the molecule is CCS(=O)(=O)Nc1ccc(C2=NN(S(=O)(=O)c3ccc(C)cc3)[C@H](c3ccc(C)cc3)C2)cc1. The predicted molar refractivity (Wildman–Crippen MR) is 135 cm³/mol. The third kappa shape index (κ3) is 5.00. The van der Waals surface area contributed by atoms with E-state index in [1.165, 1.54) is 4.41 Å². The summed E-state index contributed by atoms with van der Waals surface area (Å²) in [6.45, 7) is 5.45. The van der Waals surface area contributed by atoms with Gasteiger partial charge >= 0.3 is 0 Å². The van der Waals surface area contributed by atoms with Gasteiger partial charge in [-0.25, -0.2) is 8.42 Å². The van der Waals surface area contributed by atoms with Gasteiger partial charge < -0.3 is 0 Å². The van der Waals surface area contributed by atoms with Gasteiger partial charge in [-0.05, 0) is 56.2 Å². The molecule has 34 heavy (non-hydrogen) atoms. The van der Waals surface area contributed by atoms with E-state index in [9.17, 15) is 16.8 Å². The zero-order valence-corrected chi connectivity index (χ0v) is 20.9.